The molecule has 2 aromatic rings. The molecule has 2 unspecified atom stereocenters. The van der Waals surface area contributed by atoms with Crippen molar-refractivity contribution in [1.82, 2.24) is 0 Å². The van der Waals surface area contributed by atoms with Crippen LogP contribution in [0.4, 0.5) is 0 Å². The van der Waals surface area contributed by atoms with E-state index in [-0.39, 0.29) is 25.2 Å². The predicted molar refractivity (Wildman–Crippen MR) is 247 cm³/mol. The molecule has 2 aromatic carbocycles. The van der Waals surface area contributed by atoms with E-state index in [0.717, 1.165) is 75.3 Å². The van der Waals surface area contributed by atoms with Crippen LogP contribution >= 0.6 is 0 Å². The third-order valence-corrected chi connectivity index (χ3v) is 12.2. The summed E-state index contributed by atoms with van der Waals surface area (Å²) in [6, 6.07) is 15.8. The first-order valence-electron chi connectivity index (χ1n) is 24.5. The third-order valence-electron chi connectivity index (χ3n) is 12.2. The van der Waals surface area contributed by atoms with Gasteiger partial charge in [0.1, 0.15) is 11.5 Å². The molecule has 0 aliphatic rings. The van der Waals surface area contributed by atoms with Crippen molar-refractivity contribution in [2.75, 3.05) is 13.2 Å². The molecule has 6 heteroatoms. The van der Waals surface area contributed by atoms with E-state index in [1.165, 1.54) is 116 Å². The van der Waals surface area contributed by atoms with Crippen molar-refractivity contribution in [3.63, 3.8) is 0 Å². The number of phenols is 2. The molecule has 0 amide bonds. The van der Waals surface area contributed by atoms with Gasteiger partial charge in [0.15, 0.2) is 0 Å². The molecule has 2 N–H and O–H groups in total. The molecule has 0 aliphatic heterocycles. The summed E-state index contributed by atoms with van der Waals surface area (Å²) in [5.74, 6) is 1.39. The summed E-state index contributed by atoms with van der Waals surface area (Å²) < 4.78 is 11.2. The van der Waals surface area contributed by atoms with Gasteiger partial charge in [0, 0.05) is 18.3 Å². The predicted octanol–water partition coefficient (Wildman–Crippen LogP) is 15.8. The zero-order chi connectivity index (χ0) is 42.8. The lowest BCUT2D eigenvalue weighted by Gasteiger charge is -2.23. The van der Waals surface area contributed by atoms with E-state index in [1.807, 2.05) is 50.2 Å². The smallest absolute Gasteiger partial charge is 0.305 e. The summed E-state index contributed by atoms with van der Waals surface area (Å²) in [6.07, 6.45) is 33.9. The van der Waals surface area contributed by atoms with E-state index in [2.05, 4.69) is 26.0 Å². The fourth-order valence-corrected chi connectivity index (χ4v) is 8.39. The molecule has 0 radical (unpaired) electrons. The number of esters is 2. The lowest BCUT2D eigenvalue weighted by molar-refractivity contribution is -0.152. The van der Waals surface area contributed by atoms with Crippen molar-refractivity contribution in [3.8, 4) is 11.5 Å². The molecule has 2 rings (SSSR count). The Morgan fingerprint density at radius 3 is 1.07 bits per heavy atom. The van der Waals surface area contributed by atoms with E-state index in [9.17, 15) is 19.8 Å². The molecule has 59 heavy (non-hydrogen) atoms. The Morgan fingerprint density at radius 2 is 0.746 bits per heavy atom. The maximum Gasteiger partial charge on any atom is 0.305 e. The van der Waals surface area contributed by atoms with Gasteiger partial charge in [-0.25, -0.2) is 0 Å². The lowest BCUT2D eigenvalue weighted by atomic mass is 9.87. The van der Waals surface area contributed by atoms with Crippen molar-refractivity contribution in [3.05, 3.63) is 59.7 Å². The van der Waals surface area contributed by atoms with Crippen molar-refractivity contribution in [1.29, 1.82) is 0 Å². The van der Waals surface area contributed by atoms with Gasteiger partial charge in [-0.2, -0.15) is 0 Å². The average Bonchev–Trinajstić information content (AvgIpc) is 3.22. The molecule has 0 saturated carbocycles. The van der Waals surface area contributed by atoms with E-state index in [0.29, 0.717) is 36.2 Å². The molecule has 2 atom stereocenters. The third kappa shape index (κ3) is 26.0. The molecule has 0 heterocycles. The van der Waals surface area contributed by atoms with Crippen LogP contribution in [0.3, 0.4) is 0 Å². The normalized spacial score (nSPS) is 12.7. The van der Waals surface area contributed by atoms with E-state index in [4.69, 9.17) is 9.47 Å². The number of ether oxygens (including phenoxy) is 2. The summed E-state index contributed by atoms with van der Waals surface area (Å²) in [5, 5.41) is 21.0. The van der Waals surface area contributed by atoms with Gasteiger partial charge < -0.3 is 19.7 Å². The van der Waals surface area contributed by atoms with Crippen LogP contribution in [0.15, 0.2) is 48.5 Å². The van der Waals surface area contributed by atoms with Gasteiger partial charge in [0.2, 0.25) is 0 Å². The number of para-hydroxylation sites is 2. The molecule has 0 saturated heterocycles. The first kappa shape index (κ1) is 52.1. The highest BCUT2D eigenvalue weighted by molar-refractivity contribution is 5.69. The molecule has 0 aromatic heterocycles. The van der Waals surface area contributed by atoms with Crippen LogP contribution in [0.2, 0.25) is 0 Å². The summed E-state index contributed by atoms with van der Waals surface area (Å²) >= 11 is 0. The van der Waals surface area contributed by atoms with E-state index < -0.39 is 5.41 Å². The van der Waals surface area contributed by atoms with Crippen LogP contribution in [0, 0.1) is 5.41 Å². The van der Waals surface area contributed by atoms with Crippen molar-refractivity contribution in [2.24, 2.45) is 5.41 Å². The monoisotopic (exact) mass is 821 g/mol. The number of hydrogen-bond donors (Lipinski definition) is 2. The Bertz CT molecular complexity index is 1240. The van der Waals surface area contributed by atoms with Crippen molar-refractivity contribution >= 4 is 11.9 Å². The Balaban J connectivity index is 1.50. The van der Waals surface area contributed by atoms with Crippen LogP contribution in [0.5, 0.6) is 11.5 Å². The standard InChI is InChI=1S/C53H88O6/c1-5-7-9-11-17-23-33-45(47-37-29-31-39-49(47)54)35-25-19-13-15-21-27-41-51(56)58-43-53(3,4)44-59-52(57)42-28-22-16-14-20-26-36-46(34-24-18-12-10-8-6-2)48-38-30-32-40-50(48)55/h29-32,37-40,45-46,54-55H,5-28,33-36,41-44H2,1-4H3. The number of unbranched alkanes of at least 4 members (excludes halogenated alkanes) is 20. The zero-order valence-corrected chi connectivity index (χ0v) is 38.4. The summed E-state index contributed by atoms with van der Waals surface area (Å²) in [7, 11) is 0. The first-order valence-corrected chi connectivity index (χ1v) is 24.5. The fraction of sp³-hybridized carbons (Fsp3) is 0.736. The van der Waals surface area contributed by atoms with Crippen molar-refractivity contribution < 1.29 is 29.3 Å². The van der Waals surface area contributed by atoms with Crippen LogP contribution in [-0.4, -0.2) is 35.4 Å². The summed E-state index contributed by atoms with van der Waals surface area (Å²) in [5.41, 5.74) is 1.80. The van der Waals surface area contributed by atoms with Crippen molar-refractivity contribution in [2.45, 2.75) is 232 Å². The van der Waals surface area contributed by atoms with E-state index >= 15 is 0 Å². The summed E-state index contributed by atoms with van der Waals surface area (Å²) in [6.45, 7) is 8.96. The van der Waals surface area contributed by atoms with Crippen LogP contribution in [0.25, 0.3) is 0 Å². The number of aromatic hydroxyl groups is 2. The maximum absolute atomic E-state index is 12.5. The Morgan fingerprint density at radius 1 is 0.458 bits per heavy atom. The Kier molecular flexibility index (Phi) is 29.7. The molecule has 0 aliphatic carbocycles. The van der Waals surface area contributed by atoms with Crippen LogP contribution in [-0.2, 0) is 19.1 Å². The summed E-state index contributed by atoms with van der Waals surface area (Å²) in [4.78, 5) is 24.9. The minimum absolute atomic E-state index is 0.170. The van der Waals surface area contributed by atoms with Crippen LogP contribution < -0.4 is 0 Å². The molecule has 0 spiro atoms. The Labute approximate surface area is 362 Å². The lowest BCUT2D eigenvalue weighted by Crippen LogP contribution is -2.28. The minimum atomic E-state index is -0.418. The fourth-order valence-electron chi connectivity index (χ4n) is 8.39. The van der Waals surface area contributed by atoms with Gasteiger partial charge in [-0.15, -0.1) is 0 Å². The van der Waals surface area contributed by atoms with Gasteiger partial charge in [0.25, 0.3) is 0 Å². The van der Waals surface area contributed by atoms with Gasteiger partial charge >= 0.3 is 11.9 Å². The number of benzene rings is 2. The van der Waals surface area contributed by atoms with E-state index in [1.54, 1.807) is 0 Å². The van der Waals surface area contributed by atoms with Crippen LogP contribution in [0.1, 0.15) is 243 Å². The molecule has 0 bridgehead atoms. The number of rotatable bonds is 38. The Hall–Kier alpha value is -3.02. The van der Waals surface area contributed by atoms with Gasteiger partial charge in [-0.3, -0.25) is 9.59 Å². The molecular formula is C53H88O6. The number of hydrogen-bond acceptors (Lipinski definition) is 6. The van der Waals surface area contributed by atoms with Gasteiger partial charge in [0.05, 0.1) is 13.2 Å². The second-order valence-electron chi connectivity index (χ2n) is 18.4. The topological polar surface area (TPSA) is 93.1 Å². The van der Waals surface area contributed by atoms with Gasteiger partial charge in [-0.1, -0.05) is 205 Å². The first-order chi connectivity index (χ1) is 28.7. The largest absolute Gasteiger partial charge is 0.508 e. The number of phenolic OH excluding ortho intramolecular Hbond substituents is 2. The highest BCUT2D eigenvalue weighted by atomic mass is 16.5. The highest BCUT2D eigenvalue weighted by Gasteiger charge is 2.23. The molecular weight excluding hydrogens is 733 g/mol. The number of carbonyl (C=O) groups is 2. The highest BCUT2D eigenvalue weighted by Crippen LogP contribution is 2.35. The minimum Gasteiger partial charge on any atom is -0.508 e. The maximum atomic E-state index is 12.5. The second-order valence-corrected chi connectivity index (χ2v) is 18.4. The molecule has 336 valence electrons. The second kappa shape index (κ2) is 33.7. The molecule has 6 nitrogen and oxygen atoms in total. The quantitative estimate of drug-likeness (QED) is 0.0518. The number of carbonyl (C=O) groups excluding carboxylic acids is 2. The zero-order valence-electron chi connectivity index (χ0n) is 38.4. The average molecular weight is 821 g/mol. The molecule has 0 fully saturated rings. The van der Waals surface area contributed by atoms with Gasteiger partial charge in [-0.05, 0) is 73.6 Å². The SMILES string of the molecule is CCCCCCCCC(CCCCCCCCC(=O)OCC(C)(C)COC(=O)CCCCCCCCC(CCCCCCCC)c1ccccc1O)c1ccccc1O.